The number of halogens is 3. The van der Waals surface area contributed by atoms with Crippen LogP contribution in [0.3, 0.4) is 0 Å². The zero-order valence-electron chi connectivity index (χ0n) is 12.3. The average molecular weight is 289 g/mol. The van der Waals surface area contributed by atoms with Crippen LogP contribution in [0.4, 0.5) is 13.2 Å². The first kappa shape index (κ1) is 14.7. The Morgan fingerprint density at radius 3 is 2.35 bits per heavy atom. The second-order valence-corrected chi connectivity index (χ2v) is 7.33. The van der Waals surface area contributed by atoms with Crippen molar-refractivity contribution in [3.8, 4) is 0 Å². The fraction of sp³-hybridized carbons (Fsp3) is 1.00. The van der Waals surface area contributed by atoms with E-state index in [1.54, 1.807) is 0 Å². The summed E-state index contributed by atoms with van der Waals surface area (Å²) in [7, 11) is 0. The van der Waals surface area contributed by atoms with Crippen LogP contribution < -0.4 is 5.32 Å². The van der Waals surface area contributed by atoms with Crippen molar-refractivity contribution in [1.29, 1.82) is 0 Å². The minimum atomic E-state index is -4.04. The van der Waals surface area contributed by atoms with Crippen LogP contribution in [0.15, 0.2) is 0 Å². The molecule has 0 aromatic carbocycles. The number of fused-ring (bicyclic) bond motifs is 2. The number of nitrogens with one attached hydrogen (secondary N) is 1. The highest BCUT2D eigenvalue weighted by atomic mass is 19.4. The van der Waals surface area contributed by atoms with Crippen molar-refractivity contribution >= 4 is 0 Å². The molecule has 0 heterocycles. The summed E-state index contributed by atoms with van der Waals surface area (Å²) in [5.74, 6) is 1.12. The zero-order valence-corrected chi connectivity index (χ0v) is 12.3. The summed E-state index contributed by atoms with van der Waals surface area (Å²) in [5.41, 5.74) is 0. The highest BCUT2D eigenvalue weighted by Gasteiger charge is 2.47. The molecule has 0 amide bonds. The second kappa shape index (κ2) is 5.51. The van der Waals surface area contributed by atoms with Gasteiger partial charge in [-0.25, -0.2) is 0 Å². The predicted octanol–water partition coefficient (Wildman–Crippen LogP) is 4.52. The molecule has 0 aromatic heterocycles. The van der Waals surface area contributed by atoms with Gasteiger partial charge in [-0.1, -0.05) is 19.3 Å². The van der Waals surface area contributed by atoms with Crippen LogP contribution >= 0.6 is 0 Å². The first-order valence-electron chi connectivity index (χ1n) is 8.28. The van der Waals surface area contributed by atoms with E-state index in [-0.39, 0.29) is 12.1 Å². The van der Waals surface area contributed by atoms with Crippen LogP contribution in [0.5, 0.6) is 0 Å². The smallest absolute Gasteiger partial charge is 0.311 e. The Morgan fingerprint density at radius 2 is 1.75 bits per heavy atom. The van der Waals surface area contributed by atoms with E-state index < -0.39 is 12.1 Å². The van der Waals surface area contributed by atoms with E-state index in [1.165, 1.54) is 25.7 Å². The lowest BCUT2D eigenvalue weighted by atomic mass is 9.80. The van der Waals surface area contributed by atoms with Crippen molar-refractivity contribution in [3.63, 3.8) is 0 Å². The van der Waals surface area contributed by atoms with Crippen molar-refractivity contribution in [2.75, 3.05) is 0 Å². The number of hydrogen-bond acceptors (Lipinski definition) is 1. The summed E-state index contributed by atoms with van der Waals surface area (Å²) >= 11 is 0. The van der Waals surface area contributed by atoms with Gasteiger partial charge in [0, 0.05) is 12.1 Å². The molecule has 3 rings (SSSR count). The van der Waals surface area contributed by atoms with Crippen molar-refractivity contribution in [2.24, 2.45) is 23.7 Å². The number of rotatable bonds is 3. The van der Waals surface area contributed by atoms with Crippen molar-refractivity contribution < 1.29 is 13.2 Å². The van der Waals surface area contributed by atoms with Gasteiger partial charge in [-0.2, -0.15) is 13.2 Å². The van der Waals surface area contributed by atoms with Gasteiger partial charge in [0.1, 0.15) is 0 Å². The van der Waals surface area contributed by atoms with Crippen LogP contribution in [-0.4, -0.2) is 18.3 Å². The topological polar surface area (TPSA) is 12.0 Å². The van der Waals surface area contributed by atoms with Crippen molar-refractivity contribution in [2.45, 2.75) is 76.6 Å². The quantitative estimate of drug-likeness (QED) is 0.805. The third-order valence-corrected chi connectivity index (χ3v) is 6.10. The lowest BCUT2D eigenvalue weighted by molar-refractivity contribution is -0.189. The Kier molecular flexibility index (Phi) is 4.04. The van der Waals surface area contributed by atoms with Crippen LogP contribution in [-0.2, 0) is 0 Å². The van der Waals surface area contributed by atoms with Gasteiger partial charge in [-0.05, 0) is 56.8 Å². The molecule has 1 N–H and O–H groups in total. The predicted molar refractivity (Wildman–Crippen MR) is 73.3 cm³/mol. The van der Waals surface area contributed by atoms with E-state index in [0.29, 0.717) is 18.8 Å². The normalized spacial score (nSPS) is 42.9. The molecular weight excluding hydrogens is 263 g/mol. The van der Waals surface area contributed by atoms with E-state index in [9.17, 15) is 13.2 Å². The molecule has 4 heteroatoms. The fourth-order valence-corrected chi connectivity index (χ4v) is 5.09. The zero-order chi connectivity index (χ0) is 14.3. The molecular formula is C16H26F3N. The fourth-order valence-electron chi connectivity index (χ4n) is 5.09. The molecule has 3 saturated carbocycles. The molecule has 0 spiro atoms. The highest BCUT2D eigenvalue weighted by molar-refractivity contribution is 4.96. The Labute approximate surface area is 119 Å². The average Bonchev–Trinajstić information content (AvgIpc) is 3.00. The molecule has 0 saturated heterocycles. The summed E-state index contributed by atoms with van der Waals surface area (Å²) in [4.78, 5) is 0. The minimum Gasteiger partial charge on any atom is -0.311 e. The molecule has 20 heavy (non-hydrogen) atoms. The lowest BCUT2D eigenvalue weighted by Gasteiger charge is -2.38. The van der Waals surface area contributed by atoms with Crippen LogP contribution in [0, 0.1) is 23.7 Å². The van der Waals surface area contributed by atoms with E-state index >= 15 is 0 Å². The lowest BCUT2D eigenvalue weighted by Crippen LogP contribution is -2.50. The molecule has 3 aliphatic rings. The Morgan fingerprint density at radius 1 is 1.00 bits per heavy atom. The van der Waals surface area contributed by atoms with Crippen molar-refractivity contribution in [3.05, 3.63) is 0 Å². The first-order valence-corrected chi connectivity index (χ1v) is 8.28. The molecule has 6 unspecified atom stereocenters. The highest BCUT2D eigenvalue weighted by Crippen LogP contribution is 2.50. The summed E-state index contributed by atoms with van der Waals surface area (Å²) < 4.78 is 39.4. The molecule has 6 atom stereocenters. The maximum absolute atomic E-state index is 13.1. The Bertz CT molecular complexity index is 341. The summed E-state index contributed by atoms with van der Waals surface area (Å²) in [6.07, 6.45) is 3.84. The SMILES string of the molecule is CC(NC1CCCCC1C(F)(F)F)C1CC2CCC1C2. The van der Waals surface area contributed by atoms with Crippen LogP contribution in [0.25, 0.3) is 0 Å². The van der Waals surface area contributed by atoms with Gasteiger partial charge in [0.2, 0.25) is 0 Å². The Balaban J connectivity index is 1.60. The molecule has 116 valence electrons. The molecule has 0 aromatic rings. The summed E-state index contributed by atoms with van der Waals surface area (Å²) in [6, 6.07) is -0.101. The monoisotopic (exact) mass is 289 g/mol. The Hall–Kier alpha value is -0.250. The van der Waals surface area contributed by atoms with Crippen molar-refractivity contribution in [1.82, 2.24) is 5.32 Å². The minimum absolute atomic E-state index is 0.248. The molecule has 0 radical (unpaired) electrons. The van der Waals surface area contributed by atoms with E-state index in [1.807, 2.05) is 0 Å². The summed E-state index contributed by atoms with van der Waals surface area (Å²) in [6.45, 7) is 2.12. The van der Waals surface area contributed by atoms with Gasteiger partial charge < -0.3 is 5.32 Å². The van der Waals surface area contributed by atoms with Crippen LogP contribution in [0.1, 0.15) is 58.3 Å². The number of alkyl halides is 3. The molecule has 3 aliphatic carbocycles. The third kappa shape index (κ3) is 2.86. The molecule has 0 aliphatic heterocycles. The molecule has 1 nitrogen and oxygen atoms in total. The van der Waals surface area contributed by atoms with Gasteiger partial charge in [0.05, 0.1) is 5.92 Å². The van der Waals surface area contributed by atoms with Gasteiger partial charge in [-0.15, -0.1) is 0 Å². The standard InChI is InChI=1S/C16H26F3N/c1-10(13-9-11-6-7-12(13)8-11)20-15-5-3-2-4-14(15)16(17,18)19/h10-15,20H,2-9H2,1H3. The van der Waals surface area contributed by atoms with E-state index in [4.69, 9.17) is 0 Å². The largest absolute Gasteiger partial charge is 0.393 e. The summed E-state index contributed by atoms with van der Waals surface area (Å²) in [5, 5.41) is 3.38. The van der Waals surface area contributed by atoms with Crippen LogP contribution in [0.2, 0.25) is 0 Å². The van der Waals surface area contributed by atoms with Gasteiger partial charge in [0.25, 0.3) is 0 Å². The van der Waals surface area contributed by atoms with Gasteiger partial charge in [0.15, 0.2) is 0 Å². The molecule has 3 fully saturated rings. The number of hydrogen-bond donors (Lipinski definition) is 1. The van der Waals surface area contributed by atoms with Gasteiger partial charge in [-0.3, -0.25) is 0 Å². The van der Waals surface area contributed by atoms with E-state index in [2.05, 4.69) is 12.2 Å². The van der Waals surface area contributed by atoms with E-state index in [0.717, 1.165) is 24.7 Å². The molecule has 2 bridgehead atoms. The third-order valence-electron chi connectivity index (χ3n) is 6.10. The van der Waals surface area contributed by atoms with Gasteiger partial charge >= 0.3 is 6.18 Å². The first-order chi connectivity index (χ1) is 9.45. The second-order valence-electron chi connectivity index (χ2n) is 7.33. The maximum atomic E-state index is 13.1. The maximum Gasteiger partial charge on any atom is 0.393 e.